The minimum Gasteiger partial charge on any atom is -0.550 e. The molecule has 0 aromatic carbocycles. The number of thiol groups is 1. The average Bonchev–Trinajstić information content (AvgIpc) is 2.05. The molecule has 11 heavy (non-hydrogen) atoms. The number of carbonyl (C=O) groups excluding carboxylic acids is 1. The number of hydrogen-bond donors (Lipinski definition) is 1. The maximum atomic E-state index is 10.7. The molecule has 0 aromatic rings. The third-order valence-electron chi connectivity index (χ3n) is 2.19. The normalized spacial score (nSPS) is 23.0. The van der Waals surface area contributed by atoms with Gasteiger partial charge < -0.3 is 14.6 Å². The Morgan fingerprint density at radius 1 is 1.55 bits per heavy atom. The van der Waals surface area contributed by atoms with E-state index >= 15 is 0 Å². The molecule has 64 valence electrons. The van der Waals surface area contributed by atoms with Crippen LogP contribution in [0.1, 0.15) is 12.8 Å². The second kappa shape index (κ2) is 3.45. The summed E-state index contributed by atoms with van der Waals surface area (Å²) in [6.45, 7) is 1.02. The van der Waals surface area contributed by atoms with Gasteiger partial charge in [-0.1, -0.05) is 0 Å². The molecular formula is C7H11O3S-. The van der Waals surface area contributed by atoms with Crippen LogP contribution in [-0.2, 0) is 9.53 Å². The molecule has 1 aliphatic heterocycles. The summed E-state index contributed by atoms with van der Waals surface area (Å²) in [6.07, 6.45) is 1.05. The Morgan fingerprint density at radius 3 is 2.36 bits per heavy atom. The van der Waals surface area contributed by atoms with Crippen molar-refractivity contribution >= 4 is 18.6 Å². The van der Waals surface area contributed by atoms with Gasteiger partial charge in [-0.15, -0.1) is 0 Å². The van der Waals surface area contributed by atoms with Gasteiger partial charge in [0.05, 0.1) is 0 Å². The molecule has 0 aliphatic carbocycles. The zero-order valence-corrected chi connectivity index (χ0v) is 7.10. The van der Waals surface area contributed by atoms with Crippen LogP contribution < -0.4 is 5.11 Å². The van der Waals surface area contributed by atoms with E-state index in [1.54, 1.807) is 0 Å². The largest absolute Gasteiger partial charge is 0.550 e. The van der Waals surface area contributed by atoms with Crippen molar-refractivity contribution in [3.05, 3.63) is 0 Å². The molecule has 1 aliphatic rings. The van der Waals surface area contributed by atoms with Gasteiger partial charge in [0, 0.05) is 30.4 Å². The quantitative estimate of drug-likeness (QED) is 0.574. The topological polar surface area (TPSA) is 49.4 Å². The summed E-state index contributed by atoms with van der Waals surface area (Å²) >= 11 is 4.01. The van der Waals surface area contributed by atoms with Gasteiger partial charge in [0.15, 0.2) is 0 Å². The van der Waals surface area contributed by atoms with E-state index in [0.717, 1.165) is 0 Å². The Kier molecular flexibility index (Phi) is 2.78. The molecule has 0 amide bonds. The van der Waals surface area contributed by atoms with E-state index in [0.29, 0.717) is 31.8 Å². The molecule has 4 heteroatoms. The van der Waals surface area contributed by atoms with Crippen LogP contribution in [0.3, 0.4) is 0 Å². The Morgan fingerprint density at radius 2 is 2.09 bits per heavy atom. The first-order chi connectivity index (χ1) is 5.21. The fraction of sp³-hybridized carbons (Fsp3) is 0.857. The lowest BCUT2D eigenvalue weighted by Crippen LogP contribution is -2.47. The van der Waals surface area contributed by atoms with Gasteiger partial charge in [-0.05, 0) is 12.8 Å². The number of carbonyl (C=O) groups is 1. The minimum atomic E-state index is -0.990. The fourth-order valence-electron chi connectivity index (χ4n) is 1.19. The van der Waals surface area contributed by atoms with E-state index in [9.17, 15) is 9.90 Å². The fourth-order valence-corrected chi connectivity index (χ4v) is 1.63. The van der Waals surface area contributed by atoms with Crippen molar-refractivity contribution < 1.29 is 14.6 Å². The predicted molar refractivity (Wildman–Crippen MR) is 41.3 cm³/mol. The van der Waals surface area contributed by atoms with Crippen LogP contribution in [0.5, 0.6) is 0 Å². The summed E-state index contributed by atoms with van der Waals surface area (Å²) in [4.78, 5) is 10.7. The summed E-state index contributed by atoms with van der Waals surface area (Å²) in [5, 5.41) is 10.7. The van der Waals surface area contributed by atoms with Crippen LogP contribution in [0.25, 0.3) is 0 Å². The molecule has 1 heterocycles. The maximum Gasteiger partial charge on any atom is 0.0486 e. The Hall–Kier alpha value is -0.220. The highest BCUT2D eigenvalue weighted by atomic mass is 32.1. The molecule has 3 nitrogen and oxygen atoms in total. The number of aliphatic carboxylic acids is 1. The van der Waals surface area contributed by atoms with E-state index in [2.05, 4.69) is 12.6 Å². The number of rotatable bonds is 2. The van der Waals surface area contributed by atoms with E-state index in [1.807, 2.05) is 0 Å². The summed E-state index contributed by atoms with van der Waals surface area (Å²) in [7, 11) is 0. The highest BCUT2D eigenvalue weighted by molar-refractivity contribution is 7.80. The second-order valence-electron chi connectivity index (χ2n) is 2.84. The summed E-state index contributed by atoms with van der Waals surface area (Å²) in [5.41, 5.74) is -0.735. The molecular weight excluding hydrogens is 164 g/mol. The molecule has 1 rings (SSSR count). The van der Waals surface area contributed by atoms with Crippen LogP contribution in [-0.4, -0.2) is 24.9 Å². The zero-order chi connectivity index (χ0) is 8.32. The van der Waals surface area contributed by atoms with Gasteiger partial charge in [0.2, 0.25) is 0 Å². The molecule has 0 spiro atoms. The lowest BCUT2D eigenvalue weighted by Gasteiger charge is -2.36. The second-order valence-corrected chi connectivity index (χ2v) is 3.15. The van der Waals surface area contributed by atoms with Gasteiger partial charge >= 0.3 is 0 Å². The first-order valence-corrected chi connectivity index (χ1v) is 4.24. The molecule has 1 saturated heterocycles. The molecule has 0 unspecified atom stereocenters. The summed E-state index contributed by atoms with van der Waals surface area (Å²) < 4.78 is 5.05. The zero-order valence-electron chi connectivity index (χ0n) is 6.21. The number of carboxylic acids is 1. The first kappa shape index (κ1) is 8.87. The monoisotopic (exact) mass is 175 g/mol. The molecule has 0 bridgehead atoms. The molecule has 0 aromatic heterocycles. The summed E-state index contributed by atoms with van der Waals surface area (Å²) in [6, 6.07) is 0. The van der Waals surface area contributed by atoms with Crippen molar-refractivity contribution in [1.29, 1.82) is 0 Å². The molecule has 0 atom stereocenters. The Balaban J connectivity index is 2.64. The van der Waals surface area contributed by atoms with Crippen LogP contribution in [0.2, 0.25) is 0 Å². The Bertz CT molecular complexity index is 152. The first-order valence-electron chi connectivity index (χ1n) is 3.61. The third-order valence-corrected chi connectivity index (χ3v) is 2.79. The van der Waals surface area contributed by atoms with Crippen LogP contribution >= 0.6 is 12.6 Å². The average molecular weight is 175 g/mol. The van der Waals surface area contributed by atoms with Crippen molar-refractivity contribution in [2.24, 2.45) is 5.41 Å². The van der Waals surface area contributed by atoms with Crippen molar-refractivity contribution in [1.82, 2.24) is 0 Å². The lowest BCUT2D eigenvalue weighted by molar-refractivity contribution is -0.320. The van der Waals surface area contributed by atoms with Crippen LogP contribution in [0.4, 0.5) is 0 Å². The SMILES string of the molecule is O=C([O-])C1(CS)CCOCC1. The van der Waals surface area contributed by atoms with Gasteiger partial charge in [-0.25, -0.2) is 0 Å². The predicted octanol–water partition coefficient (Wildman–Crippen LogP) is -0.537. The van der Waals surface area contributed by atoms with Crippen LogP contribution in [0, 0.1) is 5.41 Å². The highest BCUT2D eigenvalue weighted by Gasteiger charge is 2.32. The number of carboxylic acid groups (broad SMARTS) is 1. The van der Waals surface area contributed by atoms with Crippen molar-refractivity contribution in [2.45, 2.75) is 12.8 Å². The van der Waals surface area contributed by atoms with E-state index in [1.165, 1.54) is 0 Å². The van der Waals surface area contributed by atoms with E-state index in [4.69, 9.17) is 4.74 Å². The highest BCUT2D eigenvalue weighted by Crippen LogP contribution is 2.30. The summed E-state index contributed by atoms with van der Waals surface area (Å²) in [5.74, 6) is -0.644. The van der Waals surface area contributed by atoms with Gasteiger partial charge in [-0.2, -0.15) is 12.6 Å². The van der Waals surface area contributed by atoms with E-state index in [-0.39, 0.29) is 0 Å². The van der Waals surface area contributed by atoms with E-state index < -0.39 is 11.4 Å². The van der Waals surface area contributed by atoms with Gasteiger partial charge in [-0.3, -0.25) is 0 Å². The van der Waals surface area contributed by atoms with Crippen molar-refractivity contribution in [2.75, 3.05) is 19.0 Å². The number of hydrogen-bond acceptors (Lipinski definition) is 4. The lowest BCUT2D eigenvalue weighted by atomic mass is 9.82. The third kappa shape index (κ3) is 1.68. The van der Waals surface area contributed by atoms with Gasteiger partial charge in [0.25, 0.3) is 0 Å². The maximum absolute atomic E-state index is 10.7. The minimum absolute atomic E-state index is 0.346. The Labute approximate surface area is 71.1 Å². The molecule has 0 saturated carbocycles. The molecule has 1 fully saturated rings. The van der Waals surface area contributed by atoms with Crippen molar-refractivity contribution in [3.8, 4) is 0 Å². The van der Waals surface area contributed by atoms with Crippen molar-refractivity contribution in [3.63, 3.8) is 0 Å². The molecule has 0 N–H and O–H groups in total. The molecule has 0 radical (unpaired) electrons. The number of ether oxygens (including phenoxy) is 1. The van der Waals surface area contributed by atoms with Gasteiger partial charge in [0.1, 0.15) is 0 Å². The van der Waals surface area contributed by atoms with Crippen LogP contribution in [0.15, 0.2) is 0 Å². The standard InChI is InChI=1S/C7H12O3S/c8-6(9)7(5-11)1-3-10-4-2-7/h11H,1-5H2,(H,8,9)/p-1. The smallest absolute Gasteiger partial charge is 0.0486 e.